The van der Waals surface area contributed by atoms with Crippen LogP contribution in [0.5, 0.6) is 0 Å². The number of aromatic nitrogens is 2. The number of nitrogens with zero attached hydrogens (tertiary/aromatic N) is 2. The third-order valence-electron chi connectivity index (χ3n) is 4.80. The standard InChI is InChI=1S/C18H20N4O3S2/c1-27(24,25)22-8-6-12(7-9-22)18(23)19-13-4-5-14-15(11-13)21-17(20-14)16-3-2-10-26-16/h2-5,10-12H,6-9H2,1H3,(H,19,23)(H,20,21). The summed E-state index contributed by atoms with van der Waals surface area (Å²) in [5.41, 5.74) is 2.42. The third-order valence-corrected chi connectivity index (χ3v) is 6.98. The lowest BCUT2D eigenvalue weighted by molar-refractivity contribution is -0.120. The van der Waals surface area contributed by atoms with Crippen LogP contribution >= 0.6 is 11.3 Å². The van der Waals surface area contributed by atoms with Crippen molar-refractivity contribution >= 4 is 44.0 Å². The predicted molar refractivity (Wildman–Crippen MR) is 107 cm³/mol. The fraction of sp³-hybridized carbons (Fsp3) is 0.333. The molecule has 0 spiro atoms. The van der Waals surface area contributed by atoms with Gasteiger partial charge in [0.05, 0.1) is 22.2 Å². The summed E-state index contributed by atoms with van der Waals surface area (Å²) in [6.07, 6.45) is 2.28. The van der Waals surface area contributed by atoms with E-state index in [1.165, 1.54) is 10.6 Å². The summed E-state index contributed by atoms with van der Waals surface area (Å²) in [5.74, 6) is 0.569. The molecule has 4 rings (SSSR count). The van der Waals surface area contributed by atoms with E-state index in [0.29, 0.717) is 31.6 Å². The molecule has 3 aromatic rings. The Morgan fingerprint density at radius 1 is 1.30 bits per heavy atom. The Morgan fingerprint density at radius 3 is 2.74 bits per heavy atom. The maximum absolute atomic E-state index is 12.5. The molecular formula is C18H20N4O3S2. The van der Waals surface area contributed by atoms with Crippen LogP contribution in [0.4, 0.5) is 5.69 Å². The monoisotopic (exact) mass is 404 g/mol. The van der Waals surface area contributed by atoms with Crippen LogP contribution in [0.25, 0.3) is 21.7 Å². The molecule has 1 aliphatic heterocycles. The molecule has 1 fully saturated rings. The molecule has 3 heterocycles. The second-order valence-corrected chi connectivity index (χ2v) is 9.65. The normalized spacial score (nSPS) is 16.6. The number of fused-ring (bicyclic) bond motifs is 1. The van der Waals surface area contributed by atoms with Gasteiger partial charge >= 0.3 is 0 Å². The van der Waals surface area contributed by atoms with Gasteiger partial charge in [0, 0.05) is 24.7 Å². The third kappa shape index (κ3) is 3.90. The fourth-order valence-corrected chi connectivity index (χ4v) is 4.85. The number of H-pyrrole nitrogens is 1. The molecule has 0 saturated carbocycles. The minimum Gasteiger partial charge on any atom is -0.337 e. The molecule has 2 N–H and O–H groups in total. The highest BCUT2D eigenvalue weighted by atomic mass is 32.2. The van der Waals surface area contributed by atoms with Gasteiger partial charge in [0.25, 0.3) is 0 Å². The quantitative estimate of drug-likeness (QED) is 0.699. The molecule has 1 aromatic carbocycles. The average Bonchev–Trinajstić information content (AvgIpc) is 3.30. The van der Waals surface area contributed by atoms with Crippen molar-refractivity contribution in [1.29, 1.82) is 0 Å². The van der Waals surface area contributed by atoms with E-state index >= 15 is 0 Å². The van der Waals surface area contributed by atoms with Crippen LogP contribution in [-0.4, -0.2) is 47.9 Å². The van der Waals surface area contributed by atoms with Crippen LogP contribution in [0.1, 0.15) is 12.8 Å². The number of anilines is 1. The van der Waals surface area contributed by atoms with Crippen LogP contribution in [0.3, 0.4) is 0 Å². The van der Waals surface area contributed by atoms with Crippen molar-refractivity contribution in [3.05, 3.63) is 35.7 Å². The van der Waals surface area contributed by atoms with Crippen molar-refractivity contribution < 1.29 is 13.2 Å². The maximum atomic E-state index is 12.5. The Bertz CT molecular complexity index is 1070. The summed E-state index contributed by atoms with van der Waals surface area (Å²) in [7, 11) is -3.18. The van der Waals surface area contributed by atoms with Crippen LogP contribution in [-0.2, 0) is 14.8 Å². The number of thiophene rings is 1. The Morgan fingerprint density at radius 2 is 2.07 bits per heavy atom. The molecular weight excluding hydrogens is 384 g/mol. The number of aromatic amines is 1. The lowest BCUT2D eigenvalue weighted by Crippen LogP contribution is -2.40. The minimum atomic E-state index is -3.18. The lowest BCUT2D eigenvalue weighted by Gasteiger charge is -2.29. The first-order valence-corrected chi connectivity index (χ1v) is 11.4. The van der Waals surface area contributed by atoms with E-state index < -0.39 is 10.0 Å². The summed E-state index contributed by atoms with van der Waals surface area (Å²) in [5, 5.41) is 4.95. The van der Waals surface area contributed by atoms with Crippen LogP contribution in [0, 0.1) is 5.92 Å². The molecule has 0 aliphatic carbocycles. The first kappa shape index (κ1) is 18.1. The Kier molecular flexibility index (Phi) is 4.75. The van der Waals surface area contributed by atoms with Crippen molar-refractivity contribution in [1.82, 2.24) is 14.3 Å². The number of hydrogen-bond donors (Lipinski definition) is 2. The number of piperidine rings is 1. The van der Waals surface area contributed by atoms with Gasteiger partial charge < -0.3 is 10.3 Å². The molecule has 0 radical (unpaired) electrons. The van der Waals surface area contributed by atoms with Crippen molar-refractivity contribution in [2.24, 2.45) is 5.92 Å². The zero-order valence-corrected chi connectivity index (χ0v) is 16.4. The summed E-state index contributed by atoms with van der Waals surface area (Å²) < 4.78 is 24.6. The molecule has 0 bridgehead atoms. The number of imidazole rings is 1. The summed E-state index contributed by atoms with van der Waals surface area (Å²) in [6.45, 7) is 0.779. The van der Waals surface area contributed by atoms with Gasteiger partial charge in [-0.2, -0.15) is 0 Å². The van der Waals surface area contributed by atoms with Gasteiger partial charge in [-0.1, -0.05) is 6.07 Å². The lowest BCUT2D eigenvalue weighted by atomic mass is 9.97. The molecule has 0 atom stereocenters. The minimum absolute atomic E-state index is 0.0690. The second kappa shape index (κ2) is 7.06. The SMILES string of the molecule is CS(=O)(=O)N1CCC(C(=O)Nc2ccc3nc(-c4cccs4)[nH]c3c2)CC1. The summed E-state index contributed by atoms with van der Waals surface area (Å²) >= 11 is 1.62. The van der Waals surface area contributed by atoms with Gasteiger partial charge in [-0.25, -0.2) is 17.7 Å². The molecule has 0 unspecified atom stereocenters. The highest BCUT2D eigenvalue weighted by Crippen LogP contribution is 2.27. The predicted octanol–water partition coefficient (Wildman–Crippen LogP) is 2.90. The van der Waals surface area contributed by atoms with Crippen LogP contribution < -0.4 is 5.32 Å². The van der Waals surface area contributed by atoms with E-state index in [9.17, 15) is 13.2 Å². The summed E-state index contributed by atoms with van der Waals surface area (Å²) in [4.78, 5) is 21.5. The van der Waals surface area contributed by atoms with E-state index in [2.05, 4.69) is 15.3 Å². The van der Waals surface area contributed by atoms with E-state index in [0.717, 1.165) is 21.7 Å². The topological polar surface area (TPSA) is 95.2 Å². The summed E-state index contributed by atoms with van der Waals surface area (Å²) in [6, 6.07) is 9.58. The maximum Gasteiger partial charge on any atom is 0.227 e. The number of benzene rings is 1. The van der Waals surface area contributed by atoms with E-state index in [4.69, 9.17) is 0 Å². The molecule has 27 heavy (non-hydrogen) atoms. The molecule has 1 saturated heterocycles. The van der Waals surface area contributed by atoms with Crippen molar-refractivity contribution in [3.63, 3.8) is 0 Å². The van der Waals surface area contributed by atoms with Gasteiger partial charge in [0.15, 0.2) is 0 Å². The van der Waals surface area contributed by atoms with Gasteiger partial charge in [0.2, 0.25) is 15.9 Å². The number of carbonyl (C=O) groups excluding carboxylic acids is 1. The van der Waals surface area contributed by atoms with Gasteiger partial charge in [-0.05, 0) is 42.5 Å². The number of amides is 1. The number of nitrogens with one attached hydrogen (secondary N) is 2. The molecule has 7 nitrogen and oxygen atoms in total. The largest absolute Gasteiger partial charge is 0.337 e. The first-order chi connectivity index (χ1) is 12.9. The van der Waals surface area contributed by atoms with E-state index in [1.54, 1.807) is 11.3 Å². The van der Waals surface area contributed by atoms with Crippen molar-refractivity contribution in [3.8, 4) is 10.7 Å². The smallest absolute Gasteiger partial charge is 0.227 e. The number of sulfonamides is 1. The number of carbonyl (C=O) groups is 1. The number of rotatable bonds is 4. The van der Waals surface area contributed by atoms with E-state index in [1.807, 2.05) is 35.7 Å². The van der Waals surface area contributed by atoms with E-state index in [-0.39, 0.29) is 11.8 Å². The molecule has 9 heteroatoms. The average molecular weight is 405 g/mol. The fourth-order valence-electron chi connectivity index (χ4n) is 3.31. The van der Waals surface area contributed by atoms with Gasteiger partial charge in [-0.3, -0.25) is 4.79 Å². The Hall–Kier alpha value is -2.23. The van der Waals surface area contributed by atoms with Crippen LogP contribution in [0.15, 0.2) is 35.7 Å². The highest BCUT2D eigenvalue weighted by molar-refractivity contribution is 7.88. The first-order valence-electron chi connectivity index (χ1n) is 8.70. The zero-order chi connectivity index (χ0) is 19.0. The number of hydrogen-bond acceptors (Lipinski definition) is 5. The van der Waals surface area contributed by atoms with Gasteiger partial charge in [0.1, 0.15) is 5.82 Å². The molecule has 1 amide bonds. The zero-order valence-electron chi connectivity index (χ0n) is 14.8. The van der Waals surface area contributed by atoms with Crippen molar-refractivity contribution in [2.45, 2.75) is 12.8 Å². The van der Waals surface area contributed by atoms with Gasteiger partial charge in [-0.15, -0.1) is 11.3 Å². The van der Waals surface area contributed by atoms with Crippen LogP contribution in [0.2, 0.25) is 0 Å². The Balaban J connectivity index is 1.45. The Labute approximate surface area is 161 Å². The van der Waals surface area contributed by atoms with Crippen molar-refractivity contribution in [2.75, 3.05) is 24.7 Å². The molecule has 1 aliphatic rings. The highest BCUT2D eigenvalue weighted by Gasteiger charge is 2.29. The molecule has 2 aromatic heterocycles. The second-order valence-electron chi connectivity index (χ2n) is 6.72. The molecule has 142 valence electrons.